The van der Waals surface area contributed by atoms with Crippen LogP contribution >= 0.6 is 0 Å². The van der Waals surface area contributed by atoms with Crippen molar-refractivity contribution < 1.29 is 13.9 Å². The molecule has 0 N–H and O–H groups in total. The molecule has 1 aromatic heterocycles. The Labute approximate surface area is 130 Å². The van der Waals surface area contributed by atoms with Crippen LogP contribution in [-0.2, 0) is 9.47 Å². The molecule has 2 aliphatic rings. The maximum atomic E-state index is 5.95. The van der Waals surface area contributed by atoms with Gasteiger partial charge in [-0.1, -0.05) is 12.1 Å². The number of hydrogen-bond acceptors (Lipinski definition) is 5. The Kier molecular flexibility index (Phi) is 3.99. The van der Waals surface area contributed by atoms with Crippen molar-refractivity contribution in [3.63, 3.8) is 0 Å². The average Bonchev–Trinajstić information content (AvgIpc) is 3.28. The monoisotopic (exact) mass is 302 g/mol. The van der Waals surface area contributed by atoms with Crippen LogP contribution in [0, 0.1) is 0 Å². The Morgan fingerprint density at radius 1 is 1.00 bits per heavy atom. The van der Waals surface area contributed by atoms with Crippen molar-refractivity contribution in [2.45, 2.75) is 37.9 Å². The molecule has 5 nitrogen and oxygen atoms in total. The first-order valence-electron chi connectivity index (χ1n) is 8.22. The van der Waals surface area contributed by atoms with E-state index >= 15 is 0 Å². The molecule has 5 heteroatoms. The molecule has 1 aromatic carbocycles. The topological polar surface area (TPSA) is 47.7 Å². The number of anilines is 1. The Hall–Kier alpha value is -1.59. The number of rotatable bonds is 5. The van der Waals surface area contributed by atoms with Gasteiger partial charge in [-0.05, 0) is 37.8 Å². The summed E-state index contributed by atoms with van der Waals surface area (Å²) in [5, 5.41) is 0. The van der Waals surface area contributed by atoms with Gasteiger partial charge in [0.2, 0.25) is 0 Å². The summed E-state index contributed by atoms with van der Waals surface area (Å²) in [5.41, 5.74) is 1.74. The molecule has 118 valence electrons. The van der Waals surface area contributed by atoms with Gasteiger partial charge in [0.1, 0.15) is 5.52 Å². The van der Waals surface area contributed by atoms with Crippen LogP contribution in [-0.4, -0.2) is 43.5 Å². The maximum Gasteiger partial charge on any atom is 0.298 e. The van der Waals surface area contributed by atoms with E-state index < -0.39 is 0 Å². The van der Waals surface area contributed by atoms with E-state index in [1.54, 1.807) is 0 Å². The molecule has 2 aromatic rings. The molecule has 0 bridgehead atoms. The predicted molar refractivity (Wildman–Crippen MR) is 84.2 cm³/mol. The highest BCUT2D eigenvalue weighted by Gasteiger charge is 2.26. The SMILES string of the molecule is c1ccc2oc(N(C[C@H]3CCCO3)C[C@H]3CCCO3)nc2c1. The second-order valence-electron chi connectivity index (χ2n) is 6.14. The molecule has 2 atom stereocenters. The molecule has 2 fully saturated rings. The van der Waals surface area contributed by atoms with Crippen molar-refractivity contribution >= 4 is 17.1 Å². The molecule has 4 rings (SSSR count). The van der Waals surface area contributed by atoms with E-state index in [2.05, 4.69) is 9.88 Å². The predicted octanol–water partition coefficient (Wildman–Crippen LogP) is 2.99. The summed E-state index contributed by atoms with van der Waals surface area (Å²) in [7, 11) is 0. The summed E-state index contributed by atoms with van der Waals surface area (Å²) >= 11 is 0. The van der Waals surface area contributed by atoms with Gasteiger partial charge in [0.05, 0.1) is 12.2 Å². The number of nitrogens with zero attached hydrogens (tertiary/aromatic N) is 2. The lowest BCUT2D eigenvalue weighted by atomic mass is 10.2. The van der Waals surface area contributed by atoms with Gasteiger partial charge >= 0.3 is 0 Å². The Bertz CT molecular complexity index is 564. The Morgan fingerprint density at radius 2 is 1.68 bits per heavy atom. The van der Waals surface area contributed by atoms with Crippen molar-refractivity contribution in [1.82, 2.24) is 4.98 Å². The smallest absolute Gasteiger partial charge is 0.298 e. The fourth-order valence-corrected chi connectivity index (χ4v) is 3.29. The lowest BCUT2D eigenvalue weighted by Crippen LogP contribution is -2.38. The second-order valence-corrected chi connectivity index (χ2v) is 6.14. The largest absolute Gasteiger partial charge is 0.423 e. The zero-order chi connectivity index (χ0) is 14.8. The van der Waals surface area contributed by atoms with E-state index in [9.17, 15) is 0 Å². The van der Waals surface area contributed by atoms with E-state index in [4.69, 9.17) is 13.9 Å². The Morgan fingerprint density at radius 3 is 2.27 bits per heavy atom. The summed E-state index contributed by atoms with van der Waals surface area (Å²) in [6.07, 6.45) is 5.07. The van der Waals surface area contributed by atoms with Crippen LogP contribution in [0.4, 0.5) is 6.01 Å². The third-order valence-corrected chi connectivity index (χ3v) is 4.45. The van der Waals surface area contributed by atoms with Crippen LogP contribution in [0.2, 0.25) is 0 Å². The summed E-state index contributed by atoms with van der Waals surface area (Å²) in [4.78, 5) is 6.85. The molecule has 0 unspecified atom stereocenters. The molecule has 22 heavy (non-hydrogen) atoms. The quantitative estimate of drug-likeness (QED) is 0.849. The van der Waals surface area contributed by atoms with Crippen LogP contribution in [0.5, 0.6) is 0 Å². The molecule has 3 heterocycles. The van der Waals surface area contributed by atoms with Crippen molar-refractivity contribution in [1.29, 1.82) is 0 Å². The van der Waals surface area contributed by atoms with Gasteiger partial charge in [0, 0.05) is 26.3 Å². The molecule has 2 saturated heterocycles. The lowest BCUT2D eigenvalue weighted by molar-refractivity contribution is 0.0983. The number of hydrogen-bond donors (Lipinski definition) is 0. The average molecular weight is 302 g/mol. The van der Waals surface area contributed by atoms with Crippen molar-refractivity contribution in [3.8, 4) is 0 Å². The molecular formula is C17H22N2O3. The second kappa shape index (κ2) is 6.26. The maximum absolute atomic E-state index is 5.95. The van der Waals surface area contributed by atoms with Gasteiger partial charge in [-0.2, -0.15) is 4.98 Å². The normalized spacial score (nSPS) is 25.1. The van der Waals surface area contributed by atoms with Gasteiger partial charge in [0.25, 0.3) is 6.01 Å². The number of oxazole rings is 1. The van der Waals surface area contributed by atoms with Crippen LogP contribution in [0.15, 0.2) is 28.7 Å². The number of para-hydroxylation sites is 2. The minimum atomic E-state index is 0.274. The van der Waals surface area contributed by atoms with E-state index in [0.29, 0.717) is 6.01 Å². The molecule has 2 aliphatic heterocycles. The van der Waals surface area contributed by atoms with Gasteiger partial charge in [-0.25, -0.2) is 0 Å². The minimum Gasteiger partial charge on any atom is -0.423 e. The van der Waals surface area contributed by atoms with Gasteiger partial charge in [0.15, 0.2) is 5.58 Å². The third-order valence-electron chi connectivity index (χ3n) is 4.45. The zero-order valence-electron chi connectivity index (χ0n) is 12.7. The van der Waals surface area contributed by atoms with E-state index in [1.807, 2.05) is 24.3 Å². The number of aromatic nitrogens is 1. The summed E-state index contributed by atoms with van der Waals surface area (Å²) in [5.74, 6) is 0. The summed E-state index contributed by atoms with van der Waals surface area (Å²) in [6, 6.07) is 8.59. The highest BCUT2D eigenvalue weighted by Crippen LogP contribution is 2.25. The van der Waals surface area contributed by atoms with Crippen LogP contribution in [0.1, 0.15) is 25.7 Å². The van der Waals surface area contributed by atoms with Gasteiger partial charge in [-0.3, -0.25) is 0 Å². The highest BCUT2D eigenvalue weighted by atomic mass is 16.5. The third kappa shape index (κ3) is 2.96. The summed E-state index contributed by atoms with van der Waals surface area (Å²) < 4.78 is 17.5. The number of benzene rings is 1. The zero-order valence-corrected chi connectivity index (χ0v) is 12.7. The van der Waals surface area contributed by atoms with Gasteiger partial charge < -0.3 is 18.8 Å². The lowest BCUT2D eigenvalue weighted by Gasteiger charge is -2.26. The fraction of sp³-hybridized carbons (Fsp3) is 0.588. The van der Waals surface area contributed by atoms with E-state index in [1.165, 1.54) is 0 Å². The first kappa shape index (κ1) is 14.0. The van der Waals surface area contributed by atoms with E-state index in [0.717, 1.165) is 63.1 Å². The standard InChI is InChI=1S/C17H22N2O3/c1-2-8-16-15(7-1)18-17(22-16)19(11-13-5-3-9-20-13)12-14-6-4-10-21-14/h1-2,7-8,13-14H,3-6,9-12H2/t13-,14-/m1/s1. The van der Waals surface area contributed by atoms with Crippen LogP contribution < -0.4 is 4.90 Å². The molecule has 0 aliphatic carbocycles. The number of fused-ring (bicyclic) bond motifs is 1. The number of ether oxygens (including phenoxy) is 2. The first-order valence-corrected chi connectivity index (χ1v) is 8.22. The van der Waals surface area contributed by atoms with Gasteiger partial charge in [-0.15, -0.1) is 0 Å². The minimum absolute atomic E-state index is 0.274. The Balaban J connectivity index is 1.56. The molecule has 0 spiro atoms. The molecule has 0 saturated carbocycles. The van der Waals surface area contributed by atoms with Crippen molar-refractivity contribution in [2.24, 2.45) is 0 Å². The van der Waals surface area contributed by atoms with E-state index in [-0.39, 0.29) is 12.2 Å². The van der Waals surface area contributed by atoms with Crippen LogP contribution in [0.25, 0.3) is 11.1 Å². The molecule has 0 amide bonds. The summed E-state index contributed by atoms with van der Waals surface area (Å²) in [6.45, 7) is 3.39. The fourth-order valence-electron chi connectivity index (χ4n) is 3.29. The van der Waals surface area contributed by atoms with Crippen molar-refractivity contribution in [2.75, 3.05) is 31.2 Å². The molecule has 0 radical (unpaired) electrons. The molecular weight excluding hydrogens is 280 g/mol. The van der Waals surface area contributed by atoms with Crippen molar-refractivity contribution in [3.05, 3.63) is 24.3 Å². The first-order chi connectivity index (χ1) is 10.9. The van der Waals surface area contributed by atoms with Crippen LogP contribution in [0.3, 0.4) is 0 Å². The highest BCUT2D eigenvalue weighted by molar-refractivity contribution is 5.74.